The van der Waals surface area contributed by atoms with Gasteiger partial charge in [0.05, 0.1) is 11.6 Å². The number of fused-ring (bicyclic) bond motifs is 3. The van der Waals surface area contributed by atoms with Gasteiger partial charge in [0, 0.05) is 33.3 Å². The number of ether oxygens (including phenoxy) is 2. The maximum Gasteiger partial charge on any atom is 0.407 e. The van der Waals surface area contributed by atoms with E-state index in [9.17, 15) is 28.7 Å². The zero-order valence-electron chi connectivity index (χ0n) is 19.1. The van der Waals surface area contributed by atoms with E-state index in [0.717, 1.165) is 11.0 Å². The van der Waals surface area contributed by atoms with Crippen molar-refractivity contribution in [2.75, 3.05) is 40.5 Å². The summed E-state index contributed by atoms with van der Waals surface area (Å²) in [6, 6.07) is 1.61. The number of halogens is 1. The Labute approximate surface area is 196 Å². The predicted molar refractivity (Wildman–Crippen MR) is 117 cm³/mol. The Morgan fingerprint density at radius 1 is 1.35 bits per heavy atom. The van der Waals surface area contributed by atoms with Crippen LogP contribution in [0.2, 0.25) is 0 Å². The minimum atomic E-state index is -1.17. The highest BCUT2D eigenvalue weighted by atomic mass is 19.1. The molecule has 0 saturated carbocycles. The summed E-state index contributed by atoms with van der Waals surface area (Å²) >= 11 is 0. The third-order valence-corrected chi connectivity index (χ3v) is 5.87. The maximum absolute atomic E-state index is 13.9. The molecule has 1 saturated heterocycles. The second kappa shape index (κ2) is 11.1. The van der Waals surface area contributed by atoms with Gasteiger partial charge in [0.25, 0.3) is 5.91 Å². The lowest BCUT2D eigenvalue weighted by atomic mass is 10.1. The molecule has 0 spiro atoms. The van der Waals surface area contributed by atoms with Gasteiger partial charge in [-0.05, 0) is 37.5 Å². The van der Waals surface area contributed by atoms with Crippen LogP contribution in [0.5, 0.6) is 5.75 Å². The molecule has 1 aromatic rings. The van der Waals surface area contributed by atoms with Crippen LogP contribution < -0.4 is 15.4 Å². The molecule has 2 aliphatic rings. The van der Waals surface area contributed by atoms with Gasteiger partial charge in [-0.1, -0.05) is 0 Å². The summed E-state index contributed by atoms with van der Waals surface area (Å²) in [4.78, 5) is 52.2. The molecule has 12 heteroatoms. The first kappa shape index (κ1) is 25.2. The number of hydrogen-bond acceptors (Lipinski definition) is 6. The minimum absolute atomic E-state index is 0.0212. The molecule has 4 amide bonds. The van der Waals surface area contributed by atoms with E-state index >= 15 is 0 Å². The summed E-state index contributed by atoms with van der Waals surface area (Å²) in [5, 5.41) is 15.0. The van der Waals surface area contributed by atoms with Crippen molar-refractivity contribution in [3.05, 3.63) is 29.6 Å². The maximum atomic E-state index is 13.9. The molecule has 1 fully saturated rings. The summed E-state index contributed by atoms with van der Waals surface area (Å²) in [7, 11) is 2.90. The lowest BCUT2D eigenvalue weighted by Gasteiger charge is -2.24. The van der Waals surface area contributed by atoms with E-state index in [-0.39, 0.29) is 50.5 Å². The Hall–Kier alpha value is -3.41. The SMILES string of the molecule is COCC(=O)N[C@H]1CCCN(C)C(=O)c2cc(F)ccc2OC[C@@H]2C[C@H](CN2C(=O)O)NC1=O. The normalized spacial score (nSPS) is 23.8. The van der Waals surface area contributed by atoms with Crippen molar-refractivity contribution in [3.8, 4) is 5.75 Å². The summed E-state index contributed by atoms with van der Waals surface area (Å²) in [5.41, 5.74) is 0.0212. The fourth-order valence-corrected chi connectivity index (χ4v) is 4.17. The van der Waals surface area contributed by atoms with Crippen molar-refractivity contribution in [1.82, 2.24) is 20.4 Å². The number of nitrogens with zero attached hydrogens (tertiary/aromatic N) is 2. The van der Waals surface area contributed by atoms with Crippen LogP contribution in [-0.4, -0.2) is 97.3 Å². The molecule has 1 aromatic carbocycles. The molecule has 3 rings (SSSR count). The Kier molecular flexibility index (Phi) is 8.26. The van der Waals surface area contributed by atoms with E-state index in [2.05, 4.69) is 10.6 Å². The molecule has 2 bridgehead atoms. The van der Waals surface area contributed by atoms with Crippen LogP contribution in [0.3, 0.4) is 0 Å². The van der Waals surface area contributed by atoms with E-state index in [1.165, 1.54) is 24.1 Å². The van der Waals surface area contributed by atoms with Crippen LogP contribution in [0, 0.1) is 5.82 Å². The Bertz CT molecular complexity index is 944. The molecule has 0 unspecified atom stereocenters. The van der Waals surface area contributed by atoms with Crippen molar-refractivity contribution in [2.45, 2.75) is 37.4 Å². The fourth-order valence-electron chi connectivity index (χ4n) is 4.17. The molecule has 3 atom stereocenters. The van der Waals surface area contributed by atoms with Gasteiger partial charge >= 0.3 is 6.09 Å². The third-order valence-electron chi connectivity index (χ3n) is 5.87. The van der Waals surface area contributed by atoms with E-state index in [0.29, 0.717) is 6.42 Å². The zero-order valence-corrected chi connectivity index (χ0v) is 19.1. The van der Waals surface area contributed by atoms with Gasteiger partial charge in [-0.15, -0.1) is 0 Å². The molecular weight excluding hydrogens is 451 g/mol. The molecule has 11 nitrogen and oxygen atoms in total. The smallest absolute Gasteiger partial charge is 0.407 e. The first-order valence-electron chi connectivity index (χ1n) is 11.0. The topological polar surface area (TPSA) is 138 Å². The van der Waals surface area contributed by atoms with Gasteiger partial charge in [0.15, 0.2) is 0 Å². The van der Waals surface area contributed by atoms with E-state index in [1.807, 2.05) is 0 Å². The molecule has 0 aliphatic carbocycles. The predicted octanol–water partition coefficient (Wildman–Crippen LogP) is 0.439. The van der Waals surface area contributed by atoms with Gasteiger partial charge in [-0.3, -0.25) is 19.3 Å². The monoisotopic (exact) mass is 480 g/mol. The average molecular weight is 480 g/mol. The number of likely N-dealkylation sites (tertiary alicyclic amines) is 1. The van der Waals surface area contributed by atoms with Gasteiger partial charge < -0.3 is 30.1 Å². The Morgan fingerprint density at radius 2 is 2.12 bits per heavy atom. The van der Waals surface area contributed by atoms with Crippen LogP contribution in [0.4, 0.5) is 9.18 Å². The largest absolute Gasteiger partial charge is 0.491 e. The van der Waals surface area contributed by atoms with E-state index in [1.54, 1.807) is 7.05 Å². The molecule has 0 aromatic heterocycles. The standard InChI is InChI=1S/C22H29FN4O7/c1-26-7-3-4-17(25-19(28)12-33-2)20(29)24-14-9-15(27(10-14)22(31)32)11-34-18-6-5-13(23)8-16(18)21(26)30/h5-6,8,14-15,17H,3-4,7,9-12H2,1-2H3,(H,24,29)(H,25,28)(H,31,32)/t14-,15+,17+/m1/s1. The van der Waals surface area contributed by atoms with E-state index in [4.69, 9.17) is 9.47 Å². The number of amides is 4. The van der Waals surface area contributed by atoms with Crippen LogP contribution in [-0.2, 0) is 14.3 Å². The lowest BCUT2D eigenvalue weighted by molar-refractivity contribution is -0.131. The van der Waals surface area contributed by atoms with Crippen LogP contribution in [0.15, 0.2) is 18.2 Å². The van der Waals surface area contributed by atoms with Crippen molar-refractivity contribution >= 4 is 23.8 Å². The number of hydrogen-bond donors (Lipinski definition) is 3. The molecule has 2 heterocycles. The second-order valence-corrected chi connectivity index (χ2v) is 8.40. The third kappa shape index (κ3) is 6.13. The molecule has 186 valence electrons. The number of carbonyl (C=O) groups excluding carboxylic acids is 3. The van der Waals surface area contributed by atoms with Crippen molar-refractivity contribution in [2.24, 2.45) is 0 Å². The highest BCUT2D eigenvalue weighted by Gasteiger charge is 2.38. The number of carbonyl (C=O) groups is 4. The first-order valence-corrected chi connectivity index (χ1v) is 11.0. The van der Waals surface area contributed by atoms with Gasteiger partial charge in [0.1, 0.15) is 30.8 Å². The highest BCUT2D eigenvalue weighted by Crippen LogP contribution is 2.25. The second-order valence-electron chi connectivity index (χ2n) is 8.40. The van der Waals surface area contributed by atoms with Crippen molar-refractivity contribution in [1.29, 1.82) is 0 Å². The highest BCUT2D eigenvalue weighted by molar-refractivity contribution is 5.96. The first-order chi connectivity index (χ1) is 16.2. The van der Waals surface area contributed by atoms with Crippen LogP contribution >= 0.6 is 0 Å². The quantitative estimate of drug-likeness (QED) is 0.571. The van der Waals surface area contributed by atoms with Gasteiger partial charge in [0.2, 0.25) is 11.8 Å². The van der Waals surface area contributed by atoms with Crippen LogP contribution in [0.25, 0.3) is 0 Å². The minimum Gasteiger partial charge on any atom is -0.491 e. The molecule has 2 aliphatic heterocycles. The Balaban J connectivity index is 1.88. The zero-order chi connectivity index (χ0) is 24.8. The number of methoxy groups -OCH3 is 1. The summed E-state index contributed by atoms with van der Waals surface area (Å²) in [5.74, 6) is -1.86. The van der Waals surface area contributed by atoms with E-state index < -0.39 is 47.8 Å². The summed E-state index contributed by atoms with van der Waals surface area (Å²) < 4.78 is 24.5. The fraction of sp³-hybridized carbons (Fsp3) is 0.545. The number of rotatable bonds is 3. The lowest BCUT2D eigenvalue weighted by Crippen LogP contribution is -2.51. The van der Waals surface area contributed by atoms with Crippen molar-refractivity contribution in [3.63, 3.8) is 0 Å². The van der Waals surface area contributed by atoms with Gasteiger partial charge in [-0.2, -0.15) is 0 Å². The molecule has 34 heavy (non-hydrogen) atoms. The molecular formula is C22H29FN4O7. The molecule has 3 N–H and O–H groups in total. The number of benzene rings is 1. The number of carboxylic acid groups (broad SMARTS) is 1. The van der Waals surface area contributed by atoms with Gasteiger partial charge in [-0.25, -0.2) is 9.18 Å². The Morgan fingerprint density at radius 3 is 2.82 bits per heavy atom. The number of nitrogens with one attached hydrogen (secondary N) is 2. The van der Waals surface area contributed by atoms with Crippen LogP contribution in [0.1, 0.15) is 29.6 Å². The van der Waals surface area contributed by atoms with Crippen molar-refractivity contribution < 1.29 is 38.1 Å². The molecule has 0 radical (unpaired) electrons. The summed E-state index contributed by atoms with van der Waals surface area (Å²) in [6.45, 7) is -0.00814. The average Bonchev–Trinajstić information content (AvgIpc) is 3.19. The summed E-state index contributed by atoms with van der Waals surface area (Å²) in [6.07, 6.45) is -0.300.